The minimum absolute atomic E-state index is 0.909. The molecule has 0 atom stereocenters. The maximum atomic E-state index is 3.94. The normalized spacial score (nSPS) is 9.75. The van der Waals surface area contributed by atoms with Crippen molar-refractivity contribution >= 4 is 0 Å². The van der Waals surface area contributed by atoms with E-state index >= 15 is 0 Å². The van der Waals surface area contributed by atoms with Crippen molar-refractivity contribution in [1.29, 1.82) is 0 Å². The summed E-state index contributed by atoms with van der Waals surface area (Å²) in [6.45, 7) is 4.89. The van der Waals surface area contributed by atoms with Crippen LogP contribution < -0.4 is 0 Å². The Bertz CT molecular complexity index is 168. The van der Waals surface area contributed by atoms with Crippen LogP contribution in [0.1, 0.15) is 12.7 Å². The fraction of sp³-hybridized carbons (Fsp3) is 0.600. The molecule has 0 radical (unpaired) electrons. The zero-order valence-corrected chi connectivity index (χ0v) is 5.13. The van der Waals surface area contributed by atoms with Crippen LogP contribution in [0.2, 0.25) is 0 Å². The van der Waals surface area contributed by atoms with Crippen LogP contribution in [0.3, 0.4) is 0 Å². The van der Waals surface area contributed by atoms with Crippen molar-refractivity contribution in [2.75, 3.05) is 0 Å². The number of aryl methyl sites for hydroxylation is 2. The molecule has 0 aliphatic heterocycles. The van der Waals surface area contributed by atoms with Gasteiger partial charge in [0.25, 0.3) is 0 Å². The lowest BCUT2D eigenvalue weighted by Gasteiger charge is -1.92. The Morgan fingerprint density at radius 3 is 2.75 bits per heavy atom. The van der Waals surface area contributed by atoms with Crippen LogP contribution in [0, 0.1) is 6.92 Å². The first-order valence-corrected chi connectivity index (χ1v) is 2.69. The molecule has 0 saturated heterocycles. The number of aromatic nitrogens is 3. The van der Waals surface area contributed by atoms with Gasteiger partial charge in [-0.1, -0.05) is 0 Å². The van der Waals surface area contributed by atoms with E-state index in [0.29, 0.717) is 0 Å². The Kier molecular flexibility index (Phi) is 1.28. The molecule has 8 heavy (non-hydrogen) atoms. The zero-order chi connectivity index (χ0) is 5.98. The standard InChI is InChI=1S/C5H9N3/c1-3-8-5(2)6-4-7-8/h4H,3H2,1-2H3. The molecule has 1 rings (SSSR count). The molecule has 0 aromatic carbocycles. The first kappa shape index (κ1) is 5.28. The van der Waals surface area contributed by atoms with Crippen molar-refractivity contribution in [2.45, 2.75) is 20.4 Å². The van der Waals surface area contributed by atoms with E-state index in [4.69, 9.17) is 0 Å². The van der Waals surface area contributed by atoms with Gasteiger partial charge >= 0.3 is 0 Å². The van der Waals surface area contributed by atoms with Gasteiger partial charge in [0.1, 0.15) is 12.2 Å². The largest absolute Gasteiger partial charge is 0.251 e. The summed E-state index contributed by atoms with van der Waals surface area (Å²) in [6, 6.07) is 0. The van der Waals surface area contributed by atoms with Gasteiger partial charge < -0.3 is 0 Å². The minimum atomic E-state index is 0.909. The van der Waals surface area contributed by atoms with E-state index in [1.807, 2.05) is 18.5 Å². The molecule has 0 aliphatic rings. The first-order chi connectivity index (χ1) is 3.84. The smallest absolute Gasteiger partial charge is 0.138 e. The molecule has 0 spiro atoms. The highest BCUT2D eigenvalue weighted by Gasteiger charge is 1.90. The topological polar surface area (TPSA) is 30.7 Å². The van der Waals surface area contributed by atoms with Crippen LogP contribution in [0.4, 0.5) is 0 Å². The van der Waals surface area contributed by atoms with Gasteiger partial charge in [-0.3, -0.25) is 4.68 Å². The quantitative estimate of drug-likeness (QED) is 0.531. The average molecular weight is 111 g/mol. The highest BCUT2D eigenvalue weighted by Crippen LogP contribution is 1.87. The van der Waals surface area contributed by atoms with Crippen molar-refractivity contribution in [3.8, 4) is 0 Å². The molecule has 3 nitrogen and oxygen atoms in total. The maximum Gasteiger partial charge on any atom is 0.138 e. The molecule has 1 heterocycles. The second-order valence-electron chi connectivity index (χ2n) is 1.62. The summed E-state index contributed by atoms with van der Waals surface area (Å²) >= 11 is 0. The predicted molar refractivity (Wildman–Crippen MR) is 30.4 cm³/mol. The molecular weight excluding hydrogens is 102 g/mol. The number of hydrogen-bond acceptors (Lipinski definition) is 2. The van der Waals surface area contributed by atoms with Gasteiger partial charge in [0.15, 0.2) is 0 Å². The molecule has 0 amide bonds. The summed E-state index contributed by atoms with van der Waals surface area (Å²) in [5.41, 5.74) is 0. The van der Waals surface area contributed by atoms with Crippen molar-refractivity contribution in [1.82, 2.24) is 14.8 Å². The Balaban J connectivity index is 2.92. The van der Waals surface area contributed by atoms with Crippen LogP contribution in [0.25, 0.3) is 0 Å². The lowest BCUT2D eigenvalue weighted by Crippen LogP contribution is -1.97. The summed E-state index contributed by atoms with van der Waals surface area (Å²) in [6.07, 6.45) is 1.57. The lowest BCUT2D eigenvalue weighted by atomic mass is 10.6. The Hall–Kier alpha value is -0.860. The average Bonchev–Trinajstić information content (AvgIpc) is 2.14. The molecule has 0 N–H and O–H groups in total. The Labute approximate surface area is 48.4 Å². The maximum absolute atomic E-state index is 3.94. The summed E-state index contributed by atoms with van der Waals surface area (Å²) in [5, 5.41) is 3.94. The second kappa shape index (κ2) is 1.94. The highest BCUT2D eigenvalue weighted by atomic mass is 15.3. The van der Waals surface area contributed by atoms with Gasteiger partial charge in [-0.25, -0.2) is 4.98 Å². The van der Waals surface area contributed by atoms with Crippen LogP contribution in [-0.4, -0.2) is 14.8 Å². The van der Waals surface area contributed by atoms with Crippen molar-refractivity contribution in [3.05, 3.63) is 12.2 Å². The summed E-state index contributed by atoms with van der Waals surface area (Å²) in [7, 11) is 0. The van der Waals surface area contributed by atoms with Gasteiger partial charge in [-0.2, -0.15) is 5.10 Å². The molecule has 3 heteroatoms. The predicted octanol–water partition coefficient (Wildman–Crippen LogP) is 0.606. The summed E-state index contributed by atoms with van der Waals surface area (Å²) in [5.74, 6) is 0.979. The third-order valence-corrected chi connectivity index (χ3v) is 1.11. The van der Waals surface area contributed by atoms with Gasteiger partial charge in [0.05, 0.1) is 0 Å². The SMILES string of the molecule is CCn1ncnc1C. The van der Waals surface area contributed by atoms with E-state index in [1.54, 1.807) is 6.33 Å². The molecule has 0 fully saturated rings. The van der Waals surface area contributed by atoms with Crippen molar-refractivity contribution < 1.29 is 0 Å². The summed E-state index contributed by atoms with van der Waals surface area (Å²) < 4.78 is 1.85. The molecule has 0 bridgehead atoms. The molecule has 0 aliphatic carbocycles. The number of rotatable bonds is 1. The van der Waals surface area contributed by atoms with E-state index in [0.717, 1.165) is 12.4 Å². The molecule has 44 valence electrons. The molecule has 0 saturated carbocycles. The van der Waals surface area contributed by atoms with Crippen molar-refractivity contribution in [3.63, 3.8) is 0 Å². The van der Waals surface area contributed by atoms with Crippen LogP contribution >= 0.6 is 0 Å². The van der Waals surface area contributed by atoms with Gasteiger partial charge in [0, 0.05) is 6.54 Å². The monoisotopic (exact) mass is 111 g/mol. The minimum Gasteiger partial charge on any atom is -0.251 e. The van der Waals surface area contributed by atoms with Gasteiger partial charge in [0.2, 0.25) is 0 Å². The number of hydrogen-bond donors (Lipinski definition) is 0. The fourth-order valence-corrected chi connectivity index (χ4v) is 0.632. The van der Waals surface area contributed by atoms with Crippen molar-refractivity contribution in [2.24, 2.45) is 0 Å². The fourth-order valence-electron chi connectivity index (χ4n) is 0.632. The molecule has 0 unspecified atom stereocenters. The van der Waals surface area contributed by atoms with Crippen LogP contribution in [0.5, 0.6) is 0 Å². The van der Waals surface area contributed by atoms with Crippen LogP contribution in [0.15, 0.2) is 6.33 Å². The van der Waals surface area contributed by atoms with E-state index in [1.165, 1.54) is 0 Å². The summed E-state index contributed by atoms with van der Waals surface area (Å²) in [4.78, 5) is 3.94. The van der Waals surface area contributed by atoms with E-state index in [2.05, 4.69) is 10.1 Å². The van der Waals surface area contributed by atoms with E-state index in [9.17, 15) is 0 Å². The van der Waals surface area contributed by atoms with E-state index in [-0.39, 0.29) is 0 Å². The lowest BCUT2D eigenvalue weighted by molar-refractivity contribution is 0.635. The molecule has 1 aromatic rings. The Morgan fingerprint density at radius 2 is 2.50 bits per heavy atom. The molecular formula is C5H9N3. The number of nitrogens with zero attached hydrogens (tertiary/aromatic N) is 3. The first-order valence-electron chi connectivity index (χ1n) is 2.69. The second-order valence-corrected chi connectivity index (χ2v) is 1.62. The van der Waals surface area contributed by atoms with Gasteiger partial charge in [-0.15, -0.1) is 0 Å². The third kappa shape index (κ3) is 0.710. The van der Waals surface area contributed by atoms with Gasteiger partial charge in [-0.05, 0) is 13.8 Å². The highest BCUT2D eigenvalue weighted by molar-refractivity contribution is 4.76. The van der Waals surface area contributed by atoms with E-state index < -0.39 is 0 Å². The van der Waals surface area contributed by atoms with Crippen LogP contribution in [-0.2, 0) is 6.54 Å². The third-order valence-electron chi connectivity index (χ3n) is 1.11. The molecule has 1 aromatic heterocycles. The zero-order valence-electron chi connectivity index (χ0n) is 5.13. The Morgan fingerprint density at radius 1 is 1.75 bits per heavy atom.